The maximum absolute atomic E-state index is 12.1. The van der Waals surface area contributed by atoms with Gasteiger partial charge in [0.15, 0.2) is 0 Å². The average Bonchev–Trinajstić information content (AvgIpc) is 2.41. The average molecular weight is 271 g/mol. The molecule has 0 aliphatic carbocycles. The second kappa shape index (κ2) is 6.01. The van der Waals surface area contributed by atoms with Crippen molar-refractivity contribution in [2.45, 2.75) is 33.4 Å². The normalized spacial score (nSPS) is 11.1. The first-order valence-corrected chi connectivity index (χ1v) is 6.85. The van der Waals surface area contributed by atoms with Crippen molar-refractivity contribution in [2.24, 2.45) is 7.05 Å². The van der Waals surface area contributed by atoms with Gasteiger partial charge in [-0.1, -0.05) is 43.7 Å². The van der Waals surface area contributed by atoms with Crippen molar-refractivity contribution in [1.29, 1.82) is 0 Å². The van der Waals surface area contributed by atoms with E-state index in [1.165, 1.54) is 10.2 Å². The smallest absolute Gasteiger partial charge is 0.271 e. The van der Waals surface area contributed by atoms with Gasteiger partial charge >= 0.3 is 0 Å². The quantitative estimate of drug-likeness (QED) is 0.928. The molecular weight excluding hydrogens is 250 g/mol. The number of benzene rings is 1. The molecule has 0 amide bonds. The van der Waals surface area contributed by atoms with Gasteiger partial charge in [-0.05, 0) is 13.0 Å². The molecule has 0 aliphatic rings. The zero-order valence-corrected chi connectivity index (χ0v) is 12.5. The van der Waals surface area contributed by atoms with E-state index in [1.54, 1.807) is 7.05 Å². The maximum Gasteiger partial charge on any atom is 0.271 e. The first-order valence-electron chi connectivity index (χ1n) is 6.85. The molecule has 106 valence electrons. The van der Waals surface area contributed by atoms with Crippen molar-refractivity contribution in [2.75, 3.05) is 0 Å². The summed E-state index contributed by atoms with van der Waals surface area (Å²) in [7, 11) is 1.69. The predicted octanol–water partition coefficient (Wildman–Crippen LogP) is 2.25. The molecule has 2 aromatic rings. The predicted molar refractivity (Wildman–Crippen MR) is 81.6 cm³/mol. The number of aromatic nitrogens is 2. The summed E-state index contributed by atoms with van der Waals surface area (Å²) in [5, 5.41) is 7.61. The SMILES string of the molecule is Cc1ccc(-c2cc(CNC(C)C)c(=O)n(C)n2)cc1. The molecule has 0 bridgehead atoms. The summed E-state index contributed by atoms with van der Waals surface area (Å²) in [5.41, 5.74) is 3.76. The van der Waals surface area contributed by atoms with Crippen LogP contribution in [0.1, 0.15) is 25.0 Å². The Labute approximate surface area is 119 Å². The maximum atomic E-state index is 12.1. The summed E-state index contributed by atoms with van der Waals surface area (Å²) in [5.74, 6) is 0. The lowest BCUT2D eigenvalue weighted by molar-refractivity contribution is 0.577. The molecule has 1 aromatic carbocycles. The van der Waals surface area contributed by atoms with Gasteiger partial charge in [-0.3, -0.25) is 4.79 Å². The van der Waals surface area contributed by atoms with E-state index in [4.69, 9.17) is 0 Å². The fourth-order valence-corrected chi connectivity index (χ4v) is 1.98. The molecule has 0 fully saturated rings. The highest BCUT2D eigenvalue weighted by Crippen LogP contribution is 2.17. The Balaban J connectivity index is 2.40. The Morgan fingerprint density at radius 2 is 1.90 bits per heavy atom. The summed E-state index contributed by atoms with van der Waals surface area (Å²) < 4.78 is 1.41. The second-order valence-corrected chi connectivity index (χ2v) is 5.39. The van der Waals surface area contributed by atoms with Gasteiger partial charge in [-0.2, -0.15) is 5.10 Å². The minimum atomic E-state index is -0.0472. The second-order valence-electron chi connectivity index (χ2n) is 5.39. The van der Waals surface area contributed by atoms with Crippen LogP contribution in [0.3, 0.4) is 0 Å². The number of rotatable bonds is 4. The van der Waals surface area contributed by atoms with Crippen LogP contribution in [0.5, 0.6) is 0 Å². The van der Waals surface area contributed by atoms with Crippen LogP contribution in [-0.4, -0.2) is 15.8 Å². The summed E-state index contributed by atoms with van der Waals surface area (Å²) in [6.07, 6.45) is 0. The molecule has 0 saturated carbocycles. The van der Waals surface area contributed by atoms with Gasteiger partial charge < -0.3 is 5.32 Å². The van der Waals surface area contributed by atoms with Crippen LogP contribution in [0.15, 0.2) is 35.1 Å². The van der Waals surface area contributed by atoms with E-state index in [0.29, 0.717) is 12.6 Å². The topological polar surface area (TPSA) is 46.9 Å². The molecule has 1 N–H and O–H groups in total. The standard InChI is InChI=1S/C16H21N3O/c1-11(2)17-10-14-9-15(18-19(4)16(14)20)13-7-5-12(3)6-8-13/h5-9,11,17H,10H2,1-4H3. The summed E-state index contributed by atoms with van der Waals surface area (Å²) in [4.78, 5) is 12.1. The number of hydrogen-bond acceptors (Lipinski definition) is 3. The van der Waals surface area contributed by atoms with E-state index >= 15 is 0 Å². The molecule has 0 radical (unpaired) electrons. The third kappa shape index (κ3) is 3.33. The van der Waals surface area contributed by atoms with Gasteiger partial charge in [0.1, 0.15) is 0 Å². The van der Waals surface area contributed by atoms with E-state index in [-0.39, 0.29) is 5.56 Å². The summed E-state index contributed by atoms with van der Waals surface area (Å²) in [6, 6.07) is 10.4. The van der Waals surface area contributed by atoms with E-state index in [0.717, 1.165) is 16.8 Å². The zero-order chi connectivity index (χ0) is 14.7. The third-order valence-corrected chi connectivity index (χ3v) is 3.19. The van der Waals surface area contributed by atoms with Crippen LogP contribution in [0.2, 0.25) is 0 Å². The van der Waals surface area contributed by atoms with Crippen molar-refractivity contribution in [3.05, 3.63) is 51.8 Å². The Morgan fingerprint density at radius 1 is 1.25 bits per heavy atom. The largest absolute Gasteiger partial charge is 0.310 e. The summed E-state index contributed by atoms with van der Waals surface area (Å²) >= 11 is 0. The van der Waals surface area contributed by atoms with Gasteiger partial charge in [0.2, 0.25) is 0 Å². The molecule has 0 atom stereocenters. The molecule has 0 aliphatic heterocycles. The zero-order valence-electron chi connectivity index (χ0n) is 12.5. The van der Waals surface area contributed by atoms with Crippen molar-refractivity contribution in [3.8, 4) is 11.3 Å². The number of hydrogen-bond donors (Lipinski definition) is 1. The van der Waals surface area contributed by atoms with Crippen LogP contribution in [-0.2, 0) is 13.6 Å². The molecule has 0 spiro atoms. The van der Waals surface area contributed by atoms with Gasteiger partial charge in [0.05, 0.1) is 5.69 Å². The highest BCUT2D eigenvalue weighted by molar-refractivity contribution is 5.59. The van der Waals surface area contributed by atoms with E-state index in [2.05, 4.69) is 31.2 Å². The lowest BCUT2D eigenvalue weighted by Crippen LogP contribution is -2.30. The Morgan fingerprint density at radius 3 is 2.50 bits per heavy atom. The number of aryl methyl sites for hydroxylation is 2. The molecule has 0 unspecified atom stereocenters. The van der Waals surface area contributed by atoms with E-state index < -0.39 is 0 Å². The molecule has 20 heavy (non-hydrogen) atoms. The van der Waals surface area contributed by atoms with Gasteiger partial charge in [-0.15, -0.1) is 0 Å². The van der Waals surface area contributed by atoms with Crippen LogP contribution in [0.4, 0.5) is 0 Å². The molecule has 2 rings (SSSR count). The van der Waals surface area contributed by atoms with Crippen molar-refractivity contribution < 1.29 is 0 Å². The van der Waals surface area contributed by atoms with Crippen molar-refractivity contribution in [3.63, 3.8) is 0 Å². The lowest BCUT2D eigenvalue weighted by Gasteiger charge is -2.10. The fourth-order valence-electron chi connectivity index (χ4n) is 1.98. The lowest BCUT2D eigenvalue weighted by atomic mass is 10.1. The molecule has 4 nitrogen and oxygen atoms in total. The van der Waals surface area contributed by atoms with Gasteiger partial charge in [0.25, 0.3) is 5.56 Å². The monoisotopic (exact) mass is 271 g/mol. The van der Waals surface area contributed by atoms with E-state index in [9.17, 15) is 4.79 Å². The Kier molecular flexibility index (Phi) is 4.35. The third-order valence-electron chi connectivity index (χ3n) is 3.19. The molecule has 1 aromatic heterocycles. The first kappa shape index (κ1) is 14.5. The van der Waals surface area contributed by atoms with Crippen molar-refractivity contribution in [1.82, 2.24) is 15.1 Å². The van der Waals surface area contributed by atoms with Gasteiger partial charge in [-0.25, -0.2) is 4.68 Å². The molecule has 4 heteroatoms. The molecular formula is C16H21N3O. The van der Waals surface area contributed by atoms with Gasteiger partial charge in [0, 0.05) is 30.8 Å². The highest BCUT2D eigenvalue weighted by atomic mass is 16.1. The van der Waals surface area contributed by atoms with Crippen LogP contribution < -0.4 is 10.9 Å². The fraction of sp³-hybridized carbons (Fsp3) is 0.375. The number of nitrogens with zero attached hydrogens (tertiary/aromatic N) is 2. The Hall–Kier alpha value is -1.94. The minimum Gasteiger partial charge on any atom is -0.310 e. The molecule has 1 heterocycles. The van der Waals surface area contributed by atoms with Crippen LogP contribution in [0, 0.1) is 6.92 Å². The first-order chi connectivity index (χ1) is 9.47. The van der Waals surface area contributed by atoms with Crippen LogP contribution in [0.25, 0.3) is 11.3 Å². The Bertz CT molecular complexity index is 642. The minimum absolute atomic E-state index is 0.0472. The van der Waals surface area contributed by atoms with Crippen molar-refractivity contribution >= 4 is 0 Å². The number of nitrogens with one attached hydrogen (secondary N) is 1. The van der Waals surface area contributed by atoms with E-state index in [1.807, 2.05) is 30.3 Å². The molecule has 0 saturated heterocycles. The highest BCUT2D eigenvalue weighted by Gasteiger charge is 2.08. The van der Waals surface area contributed by atoms with Crippen LogP contribution >= 0.6 is 0 Å². The summed E-state index contributed by atoms with van der Waals surface area (Å²) in [6.45, 7) is 6.74.